The van der Waals surface area contributed by atoms with E-state index in [1.54, 1.807) is 23.2 Å². The fraction of sp³-hybridized carbons (Fsp3) is 0.357. The molecule has 9 heteroatoms. The third kappa shape index (κ3) is 3.30. The van der Waals surface area contributed by atoms with Crippen LogP contribution >= 0.6 is 22.9 Å². The molecule has 2 aromatic heterocycles. The highest BCUT2D eigenvalue weighted by molar-refractivity contribution is 7.91. The van der Waals surface area contributed by atoms with Gasteiger partial charge in [-0.05, 0) is 18.2 Å². The summed E-state index contributed by atoms with van der Waals surface area (Å²) in [6, 6.07) is 4.86. The summed E-state index contributed by atoms with van der Waals surface area (Å²) in [5, 5.41) is 0. The molecule has 1 saturated heterocycles. The fourth-order valence-corrected chi connectivity index (χ4v) is 5.57. The van der Waals surface area contributed by atoms with Gasteiger partial charge in [0, 0.05) is 45.6 Å². The molecule has 2 aromatic rings. The highest BCUT2D eigenvalue weighted by Gasteiger charge is 2.31. The van der Waals surface area contributed by atoms with Gasteiger partial charge in [0.15, 0.2) is 0 Å². The first-order valence-electron chi connectivity index (χ1n) is 7.04. The van der Waals surface area contributed by atoms with Crippen LogP contribution in [0.4, 0.5) is 0 Å². The number of halogens is 1. The number of hydrogen-bond acceptors (Lipinski definition) is 4. The predicted octanol–water partition coefficient (Wildman–Crippen LogP) is 1.89. The summed E-state index contributed by atoms with van der Waals surface area (Å²) in [5.74, 6) is -0.0678. The van der Waals surface area contributed by atoms with Crippen LogP contribution in [0.1, 0.15) is 10.4 Å². The van der Waals surface area contributed by atoms with Crippen molar-refractivity contribution in [2.75, 3.05) is 26.2 Å². The summed E-state index contributed by atoms with van der Waals surface area (Å²) >= 11 is 6.87. The van der Waals surface area contributed by atoms with Crippen molar-refractivity contribution in [1.29, 1.82) is 0 Å². The fourth-order valence-electron chi connectivity index (χ4n) is 2.51. The van der Waals surface area contributed by atoms with Gasteiger partial charge in [-0.3, -0.25) is 4.79 Å². The van der Waals surface area contributed by atoms with E-state index in [4.69, 9.17) is 11.6 Å². The number of hydrogen-bond donors (Lipinski definition) is 0. The van der Waals surface area contributed by atoms with E-state index in [0.29, 0.717) is 23.0 Å². The average molecular weight is 374 g/mol. The second-order valence-corrected chi connectivity index (χ2v) is 9.20. The van der Waals surface area contributed by atoms with E-state index in [2.05, 4.69) is 0 Å². The minimum absolute atomic E-state index is 0.0678. The van der Waals surface area contributed by atoms with Crippen LogP contribution in [0.2, 0.25) is 4.34 Å². The van der Waals surface area contributed by atoms with Crippen LogP contribution in [-0.2, 0) is 17.1 Å². The van der Waals surface area contributed by atoms with Gasteiger partial charge in [-0.1, -0.05) is 11.6 Å². The topological polar surface area (TPSA) is 62.6 Å². The number of nitrogens with zero attached hydrogens (tertiary/aromatic N) is 3. The lowest BCUT2D eigenvalue weighted by atomic mass is 10.2. The van der Waals surface area contributed by atoms with Crippen molar-refractivity contribution in [3.05, 3.63) is 40.5 Å². The molecular weight excluding hydrogens is 358 g/mol. The molecule has 6 nitrogen and oxygen atoms in total. The molecule has 0 aliphatic carbocycles. The predicted molar refractivity (Wildman–Crippen MR) is 89.4 cm³/mol. The Kier molecular flexibility index (Phi) is 4.50. The van der Waals surface area contributed by atoms with Gasteiger partial charge in [-0.15, -0.1) is 11.3 Å². The van der Waals surface area contributed by atoms with E-state index in [-0.39, 0.29) is 23.2 Å². The standard InChI is InChI=1S/C14H16ClN3O3S2/c1-16-5-4-11(10-16)14(19)17-6-8-18(9-7-17)23(20,21)13-3-2-12(15)22-13/h2-5,10H,6-9H2,1H3. The van der Waals surface area contributed by atoms with Crippen LogP contribution in [-0.4, -0.2) is 54.3 Å². The number of aromatic nitrogens is 1. The molecule has 1 fully saturated rings. The quantitative estimate of drug-likeness (QED) is 0.825. The van der Waals surface area contributed by atoms with Crippen LogP contribution in [0.15, 0.2) is 34.8 Å². The minimum atomic E-state index is -3.53. The molecule has 3 heterocycles. The maximum atomic E-state index is 12.5. The Balaban J connectivity index is 1.67. The summed E-state index contributed by atoms with van der Waals surface area (Å²) in [5.41, 5.74) is 0.619. The molecule has 0 unspecified atom stereocenters. The second-order valence-electron chi connectivity index (χ2n) is 5.32. The van der Waals surface area contributed by atoms with Crippen LogP contribution in [0.3, 0.4) is 0 Å². The summed E-state index contributed by atoms with van der Waals surface area (Å²) in [6.07, 6.45) is 3.58. The van der Waals surface area contributed by atoms with E-state index in [0.717, 1.165) is 11.3 Å². The lowest BCUT2D eigenvalue weighted by Crippen LogP contribution is -2.50. The number of piperazine rings is 1. The molecule has 1 aliphatic rings. The second kappa shape index (κ2) is 6.27. The van der Waals surface area contributed by atoms with Crippen molar-refractivity contribution < 1.29 is 13.2 Å². The van der Waals surface area contributed by atoms with E-state index >= 15 is 0 Å². The number of thiophene rings is 1. The zero-order valence-corrected chi connectivity index (χ0v) is 14.9. The number of aryl methyl sites for hydroxylation is 1. The Morgan fingerprint density at radius 3 is 2.39 bits per heavy atom. The van der Waals surface area contributed by atoms with Gasteiger partial charge in [0.05, 0.1) is 9.90 Å². The molecule has 0 saturated carbocycles. The van der Waals surface area contributed by atoms with Crippen molar-refractivity contribution in [3.63, 3.8) is 0 Å². The summed E-state index contributed by atoms with van der Waals surface area (Å²) < 4.78 is 29.0. The molecule has 124 valence electrons. The van der Waals surface area contributed by atoms with Crippen molar-refractivity contribution in [3.8, 4) is 0 Å². The third-order valence-electron chi connectivity index (χ3n) is 3.75. The van der Waals surface area contributed by atoms with Gasteiger partial charge >= 0.3 is 0 Å². The highest BCUT2D eigenvalue weighted by atomic mass is 35.5. The molecular formula is C14H16ClN3O3S2. The lowest BCUT2D eigenvalue weighted by Gasteiger charge is -2.33. The summed E-state index contributed by atoms with van der Waals surface area (Å²) in [7, 11) is -1.67. The maximum Gasteiger partial charge on any atom is 0.255 e. The van der Waals surface area contributed by atoms with Gasteiger partial charge in [0.25, 0.3) is 15.9 Å². The Morgan fingerprint density at radius 1 is 1.17 bits per heavy atom. The monoisotopic (exact) mass is 373 g/mol. The SMILES string of the molecule is Cn1ccc(C(=O)N2CCN(S(=O)(=O)c3ccc(Cl)s3)CC2)c1. The largest absolute Gasteiger partial charge is 0.356 e. The molecule has 0 atom stereocenters. The Bertz CT molecular complexity index is 820. The lowest BCUT2D eigenvalue weighted by molar-refractivity contribution is 0.0698. The van der Waals surface area contributed by atoms with E-state index < -0.39 is 10.0 Å². The van der Waals surface area contributed by atoms with E-state index in [1.807, 2.05) is 17.8 Å². The third-order valence-corrected chi connectivity index (χ3v) is 7.34. The van der Waals surface area contributed by atoms with Gasteiger partial charge in [-0.25, -0.2) is 8.42 Å². The van der Waals surface area contributed by atoms with Crippen LogP contribution in [0.5, 0.6) is 0 Å². The first kappa shape index (κ1) is 16.5. The summed E-state index contributed by atoms with van der Waals surface area (Å²) in [4.78, 5) is 14.1. The van der Waals surface area contributed by atoms with Crippen molar-refractivity contribution in [2.45, 2.75) is 4.21 Å². The molecule has 1 amide bonds. The van der Waals surface area contributed by atoms with Crippen molar-refractivity contribution in [1.82, 2.24) is 13.8 Å². The first-order valence-corrected chi connectivity index (χ1v) is 9.68. The van der Waals surface area contributed by atoms with Crippen LogP contribution in [0.25, 0.3) is 0 Å². The smallest absolute Gasteiger partial charge is 0.255 e. The zero-order valence-electron chi connectivity index (χ0n) is 12.5. The molecule has 1 aliphatic heterocycles. The molecule has 0 radical (unpaired) electrons. The Hall–Kier alpha value is -1.35. The molecule has 23 heavy (non-hydrogen) atoms. The van der Waals surface area contributed by atoms with Gasteiger partial charge in [0.1, 0.15) is 4.21 Å². The molecule has 3 rings (SSSR count). The van der Waals surface area contributed by atoms with Crippen LogP contribution < -0.4 is 0 Å². The number of sulfonamides is 1. The minimum Gasteiger partial charge on any atom is -0.356 e. The molecule has 0 bridgehead atoms. The van der Waals surface area contributed by atoms with E-state index in [9.17, 15) is 13.2 Å². The number of rotatable bonds is 3. The Labute approximate surface area is 143 Å². The summed E-state index contributed by atoms with van der Waals surface area (Å²) in [6.45, 7) is 1.34. The van der Waals surface area contributed by atoms with Crippen molar-refractivity contribution >= 4 is 38.9 Å². The van der Waals surface area contributed by atoms with Gasteiger partial charge in [-0.2, -0.15) is 4.31 Å². The van der Waals surface area contributed by atoms with Gasteiger partial charge < -0.3 is 9.47 Å². The van der Waals surface area contributed by atoms with E-state index in [1.165, 1.54) is 10.4 Å². The molecule has 0 spiro atoms. The number of carbonyl (C=O) groups excluding carboxylic acids is 1. The zero-order chi connectivity index (χ0) is 16.6. The maximum absolute atomic E-state index is 12.5. The number of carbonyl (C=O) groups is 1. The van der Waals surface area contributed by atoms with Crippen LogP contribution in [0, 0.1) is 0 Å². The molecule has 0 N–H and O–H groups in total. The normalized spacial score (nSPS) is 16.7. The first-order chi connectivity index (χ1) is 10.9. The highest BCUT2D eigenvalue weighted by Crippen LogP contribution is 2.28. The van der Waals surface area contributed by atoms with Gasteiger partial charge in [0.2, 0.25) is 0 Å². The number of amides is 1. The van der Waals surface area contributed by atoms with Crippen molar-refractivity contribution in [2.24, 2.45) is 7.05 Å². The average Bonchev–Trinajstić information content (AvgIpc) is 3.15. The Morgan fingerprint density at radius 2 is 1.87 bits per heavy atom. The molecule has 0 aromatic carbocycles.